The predicted octanol–water partition coefficient (Wildman–Crippen LogP) is 4.32. The number of anilines is 1. The number of nitrogens with one attached hydrogen (secondary N) is 1. The highest BCUT2D eigenvalue weighted by Gasteiger charge is 2.25. The van der Waals surface area contributed by atoms with E-state index in [0.717, 1.165) is 11.1 Å². The maximum atomic E-state index is 14.7. The molecule has 0 atom stereocenters. The van der Waals surface area contributed by atoms with Gasteiger partial charge in [0.2, 0.25) is 0 Å². The largest absolute Gasteiger partial charge is 0.350 e. The van der Waals surface area contributed by atoms with Gasteiger partial charge >= 0.3 is 0 Å². The molecule has 1 amide bonds. The van der Waals surface area contributed by atoms with Gasteiger partial charge in [0.1, 0.15) is 15.3 Å². The molecule has 2 heterocycles. The number of halogens is 2. The Hall–Kier alpha value is -2.18. The fourth-order valence-electron chi connectivity index (χ4n) is 3.00. The maximum absolute atomic E-state index is 14.7. The molecule has 1 aliphatic rings. The van der Waals surface area contributed by atoms with Crippen LogP contribution in [0.3, 0.4) is 0 Å². The number of benzene rings is 1. The fourth-order valence-corrected chi connectivity index (χ4v) is 4.71. The number of rotatable bonds is 4. The van der Waals surface area contributed by atoms with Crippen LogP contribution < -0.4 is 5.32 Å². The highest BCUT2D eigenvalue weighted by Crippen LogP contribution is 2.36. The van der Waals surface area contributed by atoms with Gasteiger partial charge in [-0.2, -0.15) is 0 Å². The summed E-state index contributed by atoms with van der Waals surface area (Å²) in [5.74, 6) is 0.0295. The normalized spacial score (nSPS) is 14.5. The van der Waals surface area contributed by atoms with E-state index in [1.54, 1.807) is 12.1 Å². The van der Waals surface area contributed by atoms with E-state index < -0.39 is 15.3 Å². The van der Waals surface area contributed by atoms with E-state index in [2.05, 4.69) is 10.3 Å². The van der Waals surface area contributed by atoms with Crippen molar-refractivity contribution in [3.63, 3.8) is 0 Å². The molecule has 2 aromatic heterocycles. The van der Waals surface area contributed by atoms with Crippen molar-refractivity contribution in [2.45, 2.75) is 18.4 Å². The first-order valence-electron chi connectivity index (χ1n) is 8.22. The molecule has 1 aliphatic carbocycles. The van der Waals surface area contributed by atoms with Crippen molar-refractivity contribution in [3.8, 4) is 11.3 Å². The summed E-state index contributed by atoms with van der Waals surface area (Å²) in [6, 6.07) is 7.20. The summed E-state index contributed by atoms with van der Waals surface area (Å²) in [5, 5.41) is 4.21. The Balaban J connectivity index is 1.74. The summed E-state index contributed by atoms with van der Waals surface area (Å²) in [6.45, 7) is 0. The summed E-state index contributed by atoms with van der Waals surface area (Å²) >= 11 is 6.23. The molecule has 0 unspecified atom stereocenters. The van der Waals surface area contributed by atoms with Gasteiger partial charge in [0.15, 0.2) is 11.3 Å². The minimum atomic E-state index is -0.755. The van der Waals surface area contributed by atoms with Crippen LogP contribution in [-0.4, -0.2) is 24.6 Å². The summed E-state index contributed by atoms with van der Waals surface area (Å²) in [4.78, 5) is 16.3. The molecule has 0 radical (unpaired) electrons. The number of aryl methyl sites for hydroxylation is 1. The lowest BCUT2D eigenvalue weighted by Crippen LogP contribution is -2.18. The van der Waals surface area contributed by atoms with Crippen molar-refractivity contribution in [3.05, 3.63) is 47.5 Å². The third-order valence-electron chi connectivity index (χ3n) is 4.56. The highest BCUT2D eigenvalue weighted by molar-refractivity contribution is 6.77. The molecular weight excluding hydrogens is 357 g/mol. The van der Waals surface area contributed by atoms with Crippen molar-refractivity contribution in [2.24, 2.45) is 7.05 Å². The lowest BCUT2D eigenvalue weighted by Gasteiger charge is -2.11. The number of nitrogens with zero attached hydrogens (tertiary/aromatic N) is 2. The number of carbonyl (C=O) groups is 1. The van der Waals surface area contributed by atoms with E-state index in [1.165, 1.54) is 19.0 Å². The molecule has 0 saturated heterocycles. The van der Waals surface area contributed by atoms with Gasteiger partial charge in [-0.05, 0) is 35.2 Å². The highest BCUT2D eigenvalue weighted by atomic mass is 35.5. The van der Waals surface area contributed by atoms with Gasteiger partial charge < -0.3 is 9.88 Å². The van der Waals surface area contributed by atoms with E-state index in [-0.39, 0.29) is 10.6 Å². The first-order valence-corrected chi connectivity index (χ1v) is 10.1. The summed E-state index contributed by atoms with van der Waals surface area (Å²) in [7, 11) is 1.10. The van der Waals surface area contributed by atoms with Crippen molar-refractivity contribution >= 4 is 43.2 Å². The maximum Gasteiger partial charge on any atom is 0.190 e. The van der Waals surface area contributed by atoms with Crippen LogP contribution >= 0.6 is 11.6 Å². The minimum absolute atomic E-state index is 0.0476. The van der Waals surface area contributed by atoms with E-state index in [0.29, 0.717) is 22.3 Å². The van der Waals surface area contributed by atoms with Crippen molar-refractivity contribution in [1.82, 2.24) is 9.55 Å². The fraction of sp³-hybridized carbons (Fsp3) is 0.222. The van der Waals surface area contributed by atoms with Gasteiger partial charge in [-0.25, -0.2) is 9.37 Å². The lowest BCUT2D eigenvalue weighted by atomic mass is 10.1. The molecule has 1 aromatic carbocycles. The Labute approximate surface area is 151 Å². The Morgan fingerprint density at radius 2 is 2.24 bits per heavy atom. The Morgan fingerprint density at radius 3 is 2.92 bits per heavy atom. The Morgan fingerprint density at radius 1 is 1.44 bits per heavy atom. The van der Waals surface area contributed by atoms with Crippen molar-refractivity contribution in [2.75, 3.05) is 5.32 Å². The smallest absolute Gasteiger partial charge is 0.190 e. The number of aromatic nitrogens is 2. The summed E-state index contributed by atoms with van der Waals surface area (Å²) in [6.07, 6.45) is 5.73. The second-order valence-corrected chi connectivity index (χ2v) is 9.13. The summed E-state index contributed by atoms with van der Waals surface area (Å²) < 4.78 is 16.5. The molecule has 0 bridgehead atoms. The number of pyridine rings is 1. The van der Waals surface area contributed by atoms with E-state index in [4.69, 9.17) is 11.6 Å². The van der Waals surface area contributed by atoms with Gasteiger partial charge in [-0.3, -0.25) is 4.79 Å². The zero-order valence-electron chi connectivity index (χ0n) is 13.7. The lowest BCUT2D eigenvalue weighted by molar-refractivity contribution is 0.268. The first kappa shape index (κ1) is 16.3. The molecule has 7 heteroatoms. The van der Waals surface area contributed by atoms with Gasteiger partial charge in [0, 0.05) is 30.4 Å². The second kappa shape index (κ2) is 6.27. The standard InChI is InChI=1S/C18H17ClFN3OSi/c1-23-6-2-3-14(23)12-7-10-8-15(22-18(24)25-11-4-5-11)21-9-13(10)16(19)17(12)20/h2-3,6-9,11H,4-5,25H2,1H3,(H,21,22,24). The molecule has 0 aliphatic heterocycles. The van der Waals surface area contributed by atoms with Gasteiger partial charge in [-0.15, -0.1) is 0 Å². The van der Waals surface area contributed by atoms with Gasteiger partial charge in [0.05, 0.1) is 10.7 Å². The molecule has 1 saturated carbocycles. The van der Waals surface area contributed by atoms with Gasteiger partial charge in [0.25, 0.3) is 0 Å². The molecule has 4 nitrogen and oxygen atoms in total. The number of fused-ring (bicyclic) bond motifs is 1. The Bertz CT molecular complexity index is 984. The molecule has 1 fully saturated rings. The van der Waals surface area contributed by atoms with Crippen LogP contribution in [0.15, 0.2) is 36.7 Å². The second-order valence-electron chi connectivity index (χ2n) is 6.54. The molecule has 128 valence electrons. The zero-order valence-corrected chi connectivity index (χ0v) is 15.9. The number of amides is 1. The average Bonchev–Trinajstić information content (AvgIpc) is 3.29. The monoisotopic (exact) mass is 373 g/mol. The third-order valence-corrected chi connectivity index (χ3v) is 6.87. The molecule has 3 aromatic rings. The van der Waals surface area contributed by atoms with Crippen LogP contribution in [-0.2, 0) is 7.05 Å². The van der Waals surface area contributed by atoms with Crippen LogP contribution in [0.1, 0.15) is 12.8 Å². The first-order chi connectivity index (χ1) is 12.0. The number of carbonyl (C=O) groups excluding carboxylic acids is 1. The van der Waals surface area contributed by atoms with Crippen molar-refractivity contribution < 1.29 is 9.18 Å². The third kappa shape index (κ3) is 3.19. The van der Waals surface area contributed by atoms with E-state index >= 15 is 0 Å². The van der Waals surface area contributed by atoms with E-state index in [9.17, 15) is 9.18 Å². The van der Waals surface area contributed by atoms with Crippen molar-refractivity contribution in [1.29, 1.82) is 0 Å². The van der Waals surface area contributed by atoms with Crippen LogP contribution in [0.4, 0.5) is 15.0 Å². The molecule has 1 N–H and O–H groups in total. The molecule has 25 heavy (non-hydrogen) atoms. The van der Waals surface area contributed by atoms with Crippen LogP contribution in [0.5, 0.6) is 0 Å². The van der Waals surface area contributed by atoms with E-state index in [1.807, 2.05) is 29.9 Å². The number of hydrogen-bond donors (Lipinski definition) is 1. The topological polar surface area (TPSA) is 46.9 Å². The number of hydrogen-bond acceptors (Lipinski definition) is 2. The zero-order chi connectivity index (χ0) is 17.6. The summed E-state index contributed by atoms with van der Waals surface area (Å²) in [5.41, 5.74) is 1.92. The SMILES string of the molecule is Cn1cccc1-c1cc2cc(NC(=O)[SiH2]C3CC3)ncc2c(Cl)c1F. The molecular formula is C18H17ClFN3OSi. The average molecular weight is 374 g/mol. The van der Waals surface area contributed by atoms with Crippen LogP contribution in [0.25, 0.3) is 22.0 Å². The molecule has 0 spiro atoms. The Kier molecular flexibility index (Phi) is 4.09. The van der Waals surface area contributed by atoms with Crippen LogP contribution in [0, 0.1) is 5.82 Å². The predicted molar refractivity (Wildman–Crippen MR) is 102 cm³/mol. The minimum Gasteiger partial charge on any atom is -0.350 e. The van der Waals surface area contributed by atoms with Gasteiger partial charge in [-0.1, -0.05) is 24.4 Å². The quantitative estimate of drug-likeness (QED) is 0.692. The molecule has 4 rings (SSSR count). The van der Waals surface area contributed by atoms with Crippen LogP contribution in [0.2, 0.25) is 10.6 Å².